The van der Waals surface area contributed by atoms with Crippen molar-refractivity contribution in [1.29, 1.82) is 0 Å². The SMILES string of the molecule is CCCCCCCCCCCCCCCC(=O)C1=C(O)[C@@H](CO)OC1=O.CCCCCCCCCCCCCCCC(=O)C1=C(O)[C@@H](CO)OC1=O.[Ca]. The van der Waals surface area contributed by atoms with Crippen LogP contribution < -0.4 is 0 Å². The number of aliphatic hydroxyl groups excluding tert-OH is 4. The van der Waals surface area contributed by atoms with Gasteiger partial charge in [-0.15, -0.1) is 0 Å². The molecule has 4 N–H and O–H groups in total. The first kappa shape index (κ1) is 51.5. The third kappa shape index (κ3) is 22.6. The monoisotopic (exact) mass is 776 g/mol. The second-order valence-corrected chi connectivity index (χ2v) is 14.5. The van der Waals surface area contributed by atoms with Crippen molar-refractivity contribution < 1.29 is 49.1 Å². The molecule has 10 nitrogen and oxygen atoms in total. The second kappa shape index (κ2) is 33.8. The predicted octanol–water partition coefficient (Wildman–Crippen LogP) is 9.15. The van der Waals surface area contributed by atoms with Crippen LogP contribution in [-0.2, 0) is 28.7 Å². The molecule has 2 radical (unpaired) electrons. The third-order valence-electron chi connectivity index (χ3n) is 9.93. The maximum Gasteiger partial charge on any atom is 0.346 e. The fourth-order valence-corrected chi connectivity index (χ4v) is 6.64. The Morgan fingerprint density at radius 2 is 0.679 bits per heavy atom. The number of esters is 2. The number of ether oxygens (including phenoxy) is 2. The van der Waals surface area contributed by atoms with E-state index in [0.29, 0.717) is 12.8 Å². The minimum absolute atomic E-state index is 0. The van der Waals surface area contributed by atoms with E-state index < -0.39 is 48.9 Å². The molecule has 53 heavy (non-hydrogen) atoms. The van der Waals surface area contributed by atoms with Gasteiger partial charge < -0.3 is 29.9 Å². The van der Waals surface area contributed by atoms with Crippen molar-refractivity contribution in [3.05, 3.63) is 22.7 Å². The molecule has 0 aromatic rings. The molecule has 0 aromatic carbocycles. The van der Waals surface area contributed by atoms with E-state index in [0.717, 1.165) is 25.7 Å². The van der Waals surface area contributed by atoms with Crippen molar-refractivity contribution in [2.24, 2.45) is 0 Å². The maximum absolute atomic E-state index is 12.0. The fourth-order valence-electron chi connectivity index (χ4n) is 6.64. The van der Waals surface area contributed by atoms with Crippen molar-refractivity contribution >= 4 is 61.2 Å². The average Bonchev–Trinajstić information content (AvgIpc) is 3.60. The van der Waals surface area contributed by atoms with E-state index in [2.05, 4.69) is 13.8 Å². The number of Topliss-reactive ketones (excluding diaryl/α,β-unsaturated/α-hetero) is 2. The van der Waals surface area contributed by atoms with E-state index >= 15 is 0 Å². The number of ketones is 2. The molecule has 0 amide bonds. The fraction of sp³-hybridized carbons (Fsp3) is 0.810. The van der Waals surface area contributed by atoms with Crippen LogP contribution in [0.2, 0.25) is 0 Å². The van der Waals surface area contributed by atoms with Crippen LogP contribution in [0.4, 0.5) is 0 Å². The van der Waals surface area contributed by atoms with E-state index in [-0.39, 0.29) is 73.3 Å². The molecule has 2 heterocycles. The smallest absolute Gasteiger partial charge is 0.346 e. The Kier molecular flexibility index (Phi) is 32.9. The molecular weight excluding hydrogens is 705 g/mol. The Balaban J connectivity index is 0.00000100. The van der Waals surface area contributed by atoms with Crippen LogP contribution >= 0.6 is 0 Å². The van der Waals surface area contributed by atoms with Gasteiger partial charge in [0.25, 0.3) is 0 Å². The molecule has 2 aliphatic rings. The second-order valence-electron chi connectivity index (χ2n) is 14.5. The van der Waals surface area contributed by atoms with Crippen molar-refractivity contribution in [1.82, 2.24) is 0 Å². The van der Waals surface area contributed by atoms with Gasteiger partial charge in [0.05, 0.1) is 13.2 Å². The van der Waals surface area contributed by atoms with Gasteiger partial charge in [-0.25, -0.2) is 9.59 Å². The molecule has 0 saturated carbocycles. The first-order chi connectivity index (χ1) is 25.2. The molecule has 2 rings (SSSR count). The van der Waals surface area contributed by atoms with Gasteiger partial charge in [0.2, 0.25) is 0 Å². The summed E-state index contributed by atoms with van der Waals surface area (Å²) in [5, 5.41) is 37.4. The quantitative estimate of drug-likeness (QED) is 0.0224. The summed E-state index contributed by atoms with van der Waals surface area (Å²) < 4.78 is 9.48. The summed E-state index contributed by atoms with van der Waals surface area (Å²) in [5.74, 6) is -3.24. The van der Waals surface area contributed by atoms with Crippen molar-refractivity contribution in [2.45, 2.75) is 206 Å². The number of rotatable bonds is 32. The number of carbonyl (C=O) groups is 4. The molecule has 0 saturated heterocycles. The molecule has 0 aromatic heterocycles. The van der Waals surface area contributed by atoms with Gasteiger partial charge in [0.15, 0.2) is 35.3 Å². The Morgan fingerprint density at radius 3 is 0.887 bits per heavy atom. The van der Waals surface area contributed by atoms with E-state index in [4.69, 9.17) is 19.7 Å². The zero-order valence-electron chi connectivity index (χ0n) is 33.3. The summed E-state index contributed by atoms with van der Waals surface area (Å²) in [5.41, 5.74) is -0.550. The molecule has 302 valence electrons. The van der Waals surface area contributed by atoms with Gasteiger partial charge in [-0.1, -0.05) is 168 Å². The molecular formula is C42H72CaO10. The first-order valence-corrected chi connectivity index (χ1v) is 20.8. The Labute approximate surface area is 349 Å². The Hall–Kier alpha value is -1.46. The van der Waals surface area contributed by atoms with Crippen LogP contribution in [0.15, 0.2) is 22.7 Å². The Bertz CT molecular complexity index is 1000. The standard InChI is InChI=1S/2C21H36O5.Ca/c2*1-2-3-4-5-6-7-8-9-10-11-12-13-14-15-17(23)19-20(24)18(16-22)26-21(19)25;/h2*18,22,24H,2-16H2,1H3;/t2*18-;/m11./s1. The van der Waals surface area contributed by atoms with Crippen molar-refractivity contribution in [2.75, 3.05) is 13.2 Å². The summed E-state index contributed by atoms with van der Waals surface area (Å²) in [7, 11) is 0. The van der Waals surface area contributed by atoms with Gasteiger partial charge in [0.1, 0.15) is 11.1 Å². The van der Waals surface area contributed by atoms with Crippen molar-refractivity contribution in [3.63, 3.8) is 0 Å². The molecule has 0 fully saturated rings. The van der Waals surface area contributed by atoms with E-state index in [1.807, 2.05) is 0 Å². The van der Waals surface area contributed by atoms with Gasteiger partial charge in [-0.3, -0.25) is 9.59 Å². The minimum atomic E-state index is -1.08. The van der Waals surface area contributed by atoms with Gasteiger partial charge >= 0.3 is 11.9 Å². The number of hydrogen-bond acceptors (Lipinski definition) is 10. The van der Waals surface area contributed by atoms with Crippen molar-refractivity contribution in [3.8, 4) is 0 Å². The van der Waals surface area contributed by atoms with E-state index in [9.17, 15) is 29.4 Å². The van der Waals surface area contributed by atoms with Crippen LogP contribution in [-0.4, -0.2) is 107 Å². The van der Waals surface area contributed by atoms with Gasteiger partial charge in [0, 0.05) is 50.6 Å². The first-order valence-electron chi connectivity index (χ1n) is 20.8. The molecule has 0 unspecified atom stereocenters. The number of aliphatic hydroxyl groups is 4. The largest absolute Gasteiger partial charge is 0.507 e. The Morgan fingerprint density at radius 1 is 0.453 bits per heavy atom. The molecule has 2 atom stereocenters. The number of carbonyl (C=O) groups excluding carboxylic acids is 4. The minimum Gasteiger partial charge on any atom is -0.507 e. The zero-order chi connectivity index (χ0) is 38.4. The van der Waals surface area contributed by atoms with Crippen LogP contribution in [0.25, 0.3) is 0 Å². The predicted molar refractivity (Wildman–Crippen MR) is 210 cm³/mol. The van der Waals surface area contributed by atoms with E-state index in [1.54, 1.807) is 0 Å². The summed E-state index contributed by atoms with van der Waals surface area (Å²) in [4.78, 5) is 47.2. The average molecular weight is 777 g/mol. The summed E-state index contributed by atoms with van der Waals surface area (Å²) in [6, 6.07) is 0. The number of unbranched alkanes of at least 4 members (excludes halogenated alkanes) is 24. The topological polar surface area (TPSA) is 168 Å². The summed E-state index contributed by atoms with van der Waals surface area (Å²) in [6.45, 7) is 3.47. The summed E-state index contributed by atoms with van der Waals surface area (Å²) in [6.07, 6.45) is 30.2. The molecule has 0 bridgehead atoms. The van der Waals surface area contributed by atoms with Crippen LogP contribution in [0, 0.1) is 0 Å². The van der Waals surface area contributed by atoms with Crippen LogP contribution in [0.1, 0.15) is 194 Å². The molecule has 0 aliphatic carbocycles. The zero-order valence-corrected chi connectivity index (χ0v) is 35.5. The summed E-state index contributed by atoms with van der Waals surface area (Å²) >= 11 is 0. The number of hydrogen-bond donors (Lipinski definition) is 4. The molecule has 11 heteroatoms. The van der Waals surface area contributed by atoms with Gasteiger partial charge in [-0.2, -0.15) is 0 Å². The maximum atomic E-state index is 12.0. The van der Waals surface area contributed by atoms with Crippen LogP contribution in [0.5, 0.6) is 0 Å². The van der Waals surface area contributed by atoms with Gasteiger partial charge in [-0.05, 0) is 12.8 Å². The third-order valence-corrected chi connectivity index (χ3v) is 9.93. The molecule has 0 spiro atoms. The normalized spacial score (nSPS) is 16.7. The van der Waals surface area contributed by atoms with Crippen LogP contribution in [0.3, 0.4) is 0 Å². The number of cyclic esters (lactones) is 2. The van der Waals surface area contributed by atoms with E-state index in [1.165, 1.54) is 128 Å². The molecule has 2 aliphatic heterocycles.